The number of halogens is 1. The van der Waals surface area contributed by atoms with E-state index in [0.29, 0.717) is 5.82 Å². The molecule has 0 aliphatic rings. The number of benzene rings is 1. The highest BCUT2D eigenvalue weighted by atomic mass is 35.5. The maximum atomic E-state index is 5.82. The van der Waals surface area contributed by atoms with Gasteiger partial charge in [-0.1, -0.05) is 0 Å². The molecule has 1 heterocycles. The van der Waals surface area contributed by atoms with Crippen molar-refractivity contribution < 1.29 is 0 Å². The standard InChI is InChI=1S/C16H21ClN4/c1-5-21(6-2)14-10-11(3)13(9-12(14)4)19-15-7-8-18-16(17)20-15/h7-10H,5-6H2,1-4H3,(H,18,19,20). The van der Waals surface area contributed by atoms with E-state index in [2.05, 4.69) is 60.0 Å². The summed E-state index contributed by atoms with van der Waals surface area (Å²) in [6, 6.07) is 6.17. The second-order valence-electron chi connectivity index (χ2n) is 4.96. The zero-order valence-electron chi connectivity index (χ0n) is 12.9. The van der Waals surface area contributed by atoms with Gasteiger partial charge < -0.3 is 10.2 Å². The molecule has 1 aromatic carbocycles. The van der Waals surface area contributed by atoms with E-state index in [1.807, 2.05) is 0 Å². The molecular formula is C16H21ClN4. The minimum Gasteiger partial charge on any atom is -0.372 e. The first-order valence-corrected chi connectivity index (χ1v) is 7.54. The number of aromatic nitrogens is 2. The fourth-order valence-electron chi connectivity index (χ4n) is 2.38. The summed E-state index contributed by atoms with van der Waals surface area (Å²) >= 11 is 5.82. The third-order valence-electron chi connectivity index (χ3n) is 3.54. The van der Waals surface area contributed by atoms with Crippen molar-refractivity contribution in [3.05, 3.63) is 40.8 Å². The van der Waals surface area contributed by atoms with Crippen molar-refractivity contribution in [2.24, 2.45) is 0 Å². The zero-order valence-corrected chi connectivity index (χ0v) is 13.7. The minimum absolute atomic E-state index is 0.245. The van der Waals surface area contributed by atoms with E-state index in [1.165, 1.54) is 16.8 Å². The molecule has 0 radical (unpaired) electrons. The molecule has 112 valence electrons. The Morgan fingerprint density at radius 1 is 1.14 bits per heavy atom. The predicted molar refractivity (Wildman–Crippen MR) is 89.8 cm³/mol. The van der Waals surface area contributed by atoms with Gasteiger partial charge in [0.1, 0.15) is 5.82 Å². The van der Waals surface area contributed by atoms with Gasteiger partial charge >= 0.3 is 0 Å². The number of aryl methyl sites for hydroxylation is 2. The van der Waals surface area contributed by atoms with Gasteiger partial charge in [0.15, 0.2) is 0 Å². The number of rotatable bonds is 5. The van der Waals surface area contributed by atoms with Crippen molar-refractivity contribution in [2.45, 2.75) is 27.7 Å². The van der Waals surface area contributed by atoms with Crippen LogP contribution in [0.1, 0.15) is 25.0 Å². The Hall–Kier alpha value is -1.81. The summed E-state index contributed by atoms with van der Waals surface area (Å²) in [4.78, 5) is 10.4. The van der Waals surface area contributed by atoms with Gasteiger partial charge in [0.2, 0.25) is 5.28 Å². The Labute approximate surface area is 131 Å². The van der Waals surface area contributed by atoms with Crippen LogP contribution >= 0.6 is 11.6 Å². The highest BCUT2D eigenvalue weighted by Crippen LogP contribution is 2.29. The van der Waals surface area contributed by atoms with Gasteiger partial charge in [0.25, 0.3) is 0 Å². The van der Waals surface area contributed by atoms with Gasteiger partial charge in [0.05, 0.1) is 0 Å². The largest absolute Gasteiger partial charge is 0.372 e. The molecule has 0 fully saturated rings. The topological polar surface area (TPSA) is 41.0 Å². The molecule has 1 N–H and O–H groups in total. The van der Waals surface area contributed by atoms with Crippen LogP contribution in [0.5, 0.6) is 0 Å². The SMILES string of the molecule is CCN(CC)c1cc(C)c(Nc2ccnc(Cl)n2)cc1C. The Kier molecular flexibility index (Phi) is 5.02. The van der Waals surface area contributed by atoms with E-state index in [9.17, 15) is 0 Å². The molecule has 0 spiro atoms. The van der Waals surface area contributed by atoms with Crippen LogP contribution in [-0.4, -0.2) is 23.1 Å². The lowest BCUT2D eigenvalue weighted by Gasteiger charge is -2.24. The quantitative estimate of drug-likeness (QED) is 0.834. The lowest BCUT2D eigenvalue weighted by atomic mass is 10.1. The summed E-state index contributed by atoms with van der Waals surface area (Å²) in [6.45, 7) is 10.6. The van der Waals surface area contributed by atoms with Crippen LogP contribution < -0.4 is 10.2 Å². The normalized spacial score (nSPS) is 10.5. The van der Waals surface area contributed by atoms with Crippen LogP contribution in [-0.2, 0) is 0 Å². The summed E-state index contributed by atoms with van der Waals surface area (Å²) in [5.41, 5.74) is 4.74. The molecular weight excluding hydrogens is 284 g/mol. The van der Waals surface area contributed by atoms with E-state index in [4.69, 9.17) is 11.6 Å². The molecule has 5 heteroatoms. The molecule has 0 aliphatic heterocycles. The number of nitrogens with one attached hydrogen (secondary N) is 1. The van der Waals surface area contributed by atoms with E-state index in [0.717, 1.165) is 18.8 Å². The Morgan fingerprint density at radius 3 is 2.48 bits per heavy atom. The van der Waals surface area contributed by atoms with Gasteiger partial charge in [-0.25, -0.2) is 9.97 Å². The number of hydrogen-bond acceptors (Lipinski definition) is 4. The number of anilines is 3. The molecule has 0 atom stereocenters. The summed E-state index contributed by atoms with van der Waals surface area (Å²) in [5.74, 6) is 0.702. The van der Waals surface area contributed by atoms with E-state index >= 15 is 0 Å². The van der Waals surface area contributed by atoms with Gasteiger partial charge in [0, 0.05) is 30.7 Å². The summed E-state index contributed by atoms with van der Waals surface area (Å²) in [7, 11) is 0. The molecule has 0 aliphatic carbocycles. The first kappa shape index (κ1) is 15.6. The highest BCUT2D eigenvalue weighted by Gasteiger charge is 2.10. The van der Waals surface area contributed by atoms with Gasteiger partial charge in [-0.3, -0.25) is 0 Å². The van der Waals surface area contributed by atoms with Crippen LogP contribution in [0.15, 0.2) is 24.4 Å². The molecule has 21 heavy (non-hydrogen) atoms. The Morgan fingerprint density at radius 2 is 1.86 bits per heavy atom. The minimum atomic E-state index is 0.245. The van der Waals surface area contributed by atoms with E-state index in [-0.39, 0.29) is 5.28 Å². The fourth-order valence-corrected chi connectivity index (χ4v) is 2.53. The van der Waals surface area contributed by atoms with Crippen molar-refractivity contribution >= 4 is 28.8 Å². The van der Waals surface area contributed by atoms with Crippen LogP contribution in [0.2, 0.25) is 5.28 Å². The molecule has 0 unspecified atom stereocenters. The average Bonchev–Trinajstić information content (AvgIpc) is 2.45. The van der Waals surface area contributed by atoms with Crippen LogP contribution in [0.25, 0.3) is 0 Å². The van der Waals surface area contributed by atoms with Crippen molar-refractivity contribution in [2.75, 3.05) is 23.3 Å². The maximum Gasteiger partial charge on any atom is 0.224 e. The van der Waals surface area contributed by atoms with E-state index < -0.39 is 0 Å². The molecule has 2 rings (SSSR count). The molecule has 0 bridgehead atoms. The van der Waals surface area contributed by atoms with Gasteiger partial charge in [-0.15, -0.1) is 0 Å². The Bertz CT molecular complexity index is 624. The van der Waals surface area contributed by atoms with Crippen molar-refractivity contribution in [1.82, 2.24) is 9.97 Å². The molecule has 4 nitrogen and oxygen atoms in total. The second kappa shape index (κ2) is 6.76. The first-order chi connectivity index (χ1) is 10.0. The van der Waals surface area contributed by atoms with Crippen molar-refractivity contribution in [1.29, 1.82) is 0 Å². The zero-order chi connectivity index (χ0) is 15.4. The number of nitrogens with zero attached hydrogens (tertiary/aromatic N) is 3. The third kappa shape index (κ3) is 3.64. The fraction of sp³-hybridized carbons (Fsp3) is 0.375. The summed E-state index contributed by atoms with van der Waals surface area (Å²) in [5, 5.41) is 3.55. The van der Waals surface area contributed by atoms with Crippen LogP contribution in [0.3, 0.4) is 0 Å². The van der Waals surface area contributed by atoms with Gasteiger partial charge in [-0.05, 0) is 68.6 Å². The second-order valence-corrected chi connectivity index (χ2v) is 5.30. The van der Waals surface area contributed by atoms with Crippen molar-refractivity contribution in [3.8, 4) is 0 Å². The predicted octanol–water partition coefficient (Wildman–Crippen LogP) is 4.34. The maximum absolute atomic E-state index is 5.82. The average molecular weight is 305 g/mol. The highest BCUT2D eigenvalue weighted by molar-refractivity contribution is 6.28. The van der Waals surface area contributed by atoms with Gasteiger partial charge in [-0.2, -0.15) is 0 Å². The summed E-state index contributed by atoms with van der Waals surface area (Å²) in [6.07, 6.45) is 1.64. The lowest BCUT2D eigenvalue weighted by molar-refractivity contribution is 0.861. The molecule has 0 saturated heterocycles. The van der Waals surface area contributed by atoms with E-state index in [1.54, 1.807) is 12.3 Å². The Balaban J connectivity index is 2.32. The molecule has 0 saturated carbocycles. The molecule has 2 aromatic rings. The number of hydrogen-bond donors (Lipinski definition) is 1. The van der Waals surface area contributed by atoms with Crippen LogP contribution in [0, 0.1) is 13.8 Å². The monoisotopic (exact) mass is 304 g/mol. The van der Waals surface area contributed by atoms with Crippen LogP contribution in [0.4, 0.5) is 17.2 Å². The first-order valence-electron chi connectivity index (χ1n) is 7.16. The molecule has 0 amide bonds. The smallest absolute Gasteiger partial charge is 0.224 e. The third-order valence-corrected chi connectivity index (χ3v) is 3.72. The summed E-state index contributed by atoms with van der Waals surface area (Å²) < 4.78 is 0. The lowest BCUT2D eigenvalue weighted by Crippen LogP contribution is -2.22. The van der Waals surface area contributed by atoms with Crippen molar-refractivity contribution in [3.63, 3.8) is 0 Å². The molecule has 1 aromatic heterocycles.